The van der Waals surface area contributed by atoms with Gasteiger partial charge >= 0.3 is 0 Å². The van der Waals surface area contributed by atoms with E-state index in [4.69, 9.17) is 5.73 Å². The highest BCUT2D eigenvalue weighted by Gasteiger charge is 2.18. The topological polar surface area (TPSA) is 96.7 Å². The second-order valence-electron chi connectivity index (χ2n) is 5.44. The predicted octanol–water partition coefficient (Wildman–Crippen LogP) is 0.575. The quantitative estimate of drug-likeness (QED) is 0.700. The maximum atomic E-state index is 11.6. The van der Waals surface area contributed by atoms with Gasteiger partial charge in [0.15, 0.2) is 0 Å². The van der Waals surface area contributed by atoms with Crippen molar-refractivity contribution in [3.63, 3.8) is 0 Å². The molecule has 0 aliphatic heterocycles. The lowest BCUT2D eigenvalue weighted by Crippen LogP contribution is -2.34. The van der Waals surface area contributed by atoms with Crippen molar-refractivity contribution < 1.29 is 4.79 Å². The number of carbonyl (C=O) groups excluding carboxylic acids is 1. The van der Waals surface area contributed by atoms with Crippen LogP contribution < -0.4 is 11.1 Å². The van der Waals surface area contributed by atoms with Gasteiger partial charge in [-0.3, -0.25) is 9.89 Å². The van der Waals surface area contributed by atoms with Gasteiger partial charge in [0.1, 0.15) is 12.2 Å². The summed E-state index contributed by atoms with van der Waals surface area (Å²) in [5, 5.41) is 9.12. The third-order valence-corrected chi connectivity index (χ3v) is 2.24. The molecule has 1 unspecified atom stereocenters. The molecule has 0 saturated carbocycles. The molecule has 0 spiro atoms. The van der Waals surface area contributed by atoms with Crippen LogP contribution in [0.2, 0.25) is 0 Å². The first-order valence-corrected chi connectivity index (χ1v) is 5.73. The van der Waals surface area contributed by atoms with E-state index in [0.717, 1.165) is 6.42 Å². The fraction of sp³-hybridized carbons (Fsp3) is 0.727. The summed E-state index contributed by atoms with van der Waals surface area (Å²) in [7, 11) is 0. The molecular weight excluding hydrogens is 218 g/mol. The van der Waals surface area contributed by atoms with Crippen LogP contribution in [0.25, 0.3) is 0 Å². The molecule has 0 saturated heterocycles. The molecule has 1 heterocycles. The van der Waals surface area contributed by atoms with Gasteiger partial charge in [-0.2, -0.15) is 5.10 Å². The van der Waals surface area contributed by atoms with E-state index in [-0.39, 0.29) is 17.4 Å². The zero-order chi connectivity index (χ0) is 12.9. The summed E-state index contributed by atoms with van der Waals surface area (Å²) >= 11 is 0. The van der Waals surface area contributed by atoms with Gasteiger partial charge in [-0.1, -0.05) is 20.8 Å². The van der Waals surface area contributed by atoms with E-state index < -0.39 is 0 Å². The molecule has 0 fully saturated rings. The SMILES string of the molecule is CC(C)(C)CC(N)CC(=O)NCc1ncn[nH]1. The zero-order valence-electron chi connectivity index (χ0n) is 10.7. The number of H-pyrrole nitrogens is 1. The summed E-state index contributed by atoms with van der Waals surface area (Å²) in [5.74, 6) is 0.584. The summed E-state index contributed by atoms with van der Waals surface area (Å²) in [5.41, 5.74) is 6.06. The number of aromatic amines is 1. The van der Waals surface area contributed by atoms with Crippen LogP contribution in [-0.4, -0.2) is 27.1 Å². The zero-order valence-corrected chi connectivity index (χ0v) is 10.7. The molecule has 1 rings (SSSR count). The molecule has 6 nitrogen and oxygen atoms in total. The van der Waals surface area contributed by atoms with Crippen LogP contribution in [0.1, 0.15) is 39.4 Å². The van der Waals surface area contributed by atoms with Crippen LogP contribution in [0.15, 0.2) is 6.33 Å². The number of aromatic nitrogens is 3. The minimum atomic E-state index is -0.107. The monoisotopic (exact) mass is 239 g/mol. The molecule has 0 aliphatic rings. The molecule has 17 heavy (non-hydrogen) atoms. The summed E-state index contributed by atoms with van der Waals surface area (Å²) in [6.07, 6.45) is 2.57. The highest BCUT2D eigenvalue weighted by molar-refractivity contribution is 5.76. The van der Waals surface area contributed by atoms with Crippen LogP contribution >= 0.6 is 0 Å². The lowest BCUT2D eigenvalue weighted by atomic mass is 9.87. The smallest absolute Gasteiger partial charge is 0.221 e. The summed E-state index contributed by atoms with van der Waals surface area (Å²) in [4.78, 5) is 15.5. The Kier molecular flexibility index (Phi) is 4.62. The maximum Gasteiger partial charge on any atom is 0.221 e. The normalized spacial score (nSPS) is 13.4. The van der Waals surface area contributed by atoms with Crippen molar-refractivity contribution in [1.29, 1.82) is 0 Å². The minimum absolute atomic E-state index is 0.0573. The molecule has 6 heteroatoms. The molecule has 0 aliphatic carbocycles. The Bertz CT molecular complexity index is 341. The van der Waals surface area contributed by atoms with E-state index in [1.54, 1.807) is 0 Å². The van der Waals surface area contributed by atoms with Crippen molar-refractivity contribution in [2.75, 3.05) is 0 Å². The number of hydrogen-bond donors (Lipinski definition) is 3. The van der Waals surface area contributed by atoms with Crippen molar-refractivity contribution in [2.45, 2.75) is 46.2 Å². The molecule has 4 N–H and O–H groups in total. The number of hydrogen-bond acceptors (Lipinski definition) is 4. The van der Waals surface area contributed by atoms with Crippen LogP contribution in [0.4, 0.5) is 0 Å². The number of nitrogens with zero attached hydrogens (tertiary/aromatic N) is 2. The van der Waals surface area contributed by atoms with Crippen LogP contribution in [0, 0.1) is 5.41 Å². The Morgan fingerprint density at radius 2 is 2.29 bits per heavy atom. The van der Waals surface area contributed by atoms with Gasteiger partial charge in [0.25, 0.3) is 0 Å². The molecule has 0 radical (unpaired) electrons. The van der Waals surface area contributed by atoms with Crippen molar-refractivity contribution in [1.82, 2.24) is 20.5 Å². The summed E-state index contributed by atoms with van der Waals surface area (Å²) in [6, 6.07) is -0.107. The number of nitrogens with one attached hydrogen (secondary N) is 2. The average molecular weight is 239 g/mol. The molecule has 1 aromatic rings. The van der Waals surface area contributed by atoms with Gasteiger partial charge < -0.3 is 11.1 Å². The second-order valence-corrected chi connectivity index (χ2v) is 5.44. The first-order valence-electron chi connectivity index (χ1n) is 5.73. The van der Waals surface area contributed by atoms with Crippen LogP contribution in [0.3, 0.4) is 0 Å². The van der Waals surface area contributed by atoms with Crippen LogP contribution in [0.5, 0.6) is 0 Å². The average Bonchev–Trinajstić information content (AvgIpc) is 2.63. The number of carbonyl (C=O) groups is 1. The lowest BCUT2D eigenvalue weighted by Gasteiger charge is -2.22. The van der Waals surface area contributed by atoms with Gasteiger partial charge in [-0.05, 0) is 11.8 Å². The number of rotatable bonds is 5. The molecule has 0 bridgehead atoms. The molecular formula is C11H21N5O. The lowest BCUT2D eigenvalue weighted by molar-refractivity contribution is -0.121. The van der Waals surface area contributed by atoms with Gasteiger partial charge in [0.05, 0.1) is 6.54 Å². The third-order valence-electron chi connectivity index (χ3n) is 2.24. The Hall–Kier alpha value is -1.43. The van der Waals surface area contributed by atoms with Gasteiger partial charge in [0.2, 0.25) is 5.91 Å². The molecule has 1 aromatic heterocycles. The predicted molar refractivity (Wildman–Crippen MR) is 64.9 cm³/mol. The van der Waals surface area contributed by atoms with Crippen molar-refractivity contribution in [3.05, 3.63) is 12.2 Å². The molecule has 96 valence electrons. The number of amides is 1. The Labute approximate surface area is 101 Å². The number of nitrogens with two attached hydrogens (primary N) is 1. The Morgan fingerprint density at radius 3 is 2.82 bits per heavy atom. The van der Waals surface area contributed by atoms with Crippen molar-refractivity contribution in [3.8, 4) is 0 Å². The van der Waals surface area contributed by atoms with E-state index in [1.165, 1.54) is 6.33 Å². The highest BCUT2D eigenvalue weighted by Crippen LogP contribution is 2.20. The summed E-state index contributed by atoms with van der Waals surface area (Å²) < 4.78 is 0. The first kappa shape index (κ1) is 13.6. The fourth-order valence-corrected chi connectivity index (χ4v) is 1.67. The van der Waals surface area contributed by atoms with Crippen molar-refractivity contribution in [2.24, 2.45) is 11.1 Å². The van der Waals surface area contributed by atoms with E-state index in [9.17, 15) is 4.79 Å². The minimum Gasteiger partial charge on any atom is -0.349 e. The Morgan fingerprint density at radius 1 is 1.59 bits per heavy atom. The summed E-state index contributed by atoms with van der Waals surface area (Å²) in [6.45, 7) is 6.69. The highest BCUT2D eigenvalue weighted by atomic mass is 16.1. The molecule has 1 amide bonds. The first-order chi connectivity index (χ1) is 7.87. The van der Waals surface area contributed by atoms with E-state index in [1.807, 2.05) is 0 Å². The van der Waals surface area contributed by atoms with Gasteiger partial charge in [0, 0.05) is 12.5 Å². The Balaban J connectivity index is 2.25. The van der Waals surface area contributed by atoms with E-state index in [2.05, 4.69) is 41.3 Å². The molecule has 1 atom stereocenters. The standard InChI is InChI=1S/C11H21N5O/c1-11(2,3)5-8(12)4-10(17)13-6-9-14-7-15-16-9/h7-8H,4-6,12H2,1-3H3,(H,13,17)(H,14,15,16). The third kappa shape index (κ3) is 6.01. The van der Waals surface area contributed by atoms with Crippen LogP contribution in [-0.2, 0) is 11.3 Å². The maximum absolute atomic E-state index is 11.6. The largest absolute Gasteiger partial charge is 0.349 e. The molecule has 0 aromatic carbocycles. The van der Waals surface area contributed by atoms with E-state index in [0.29, 0.717) is 18.8 Å². The van der Waals surface area contributed by atoms with Crippen molar-refractivity contribution >= 4 is 5.91 Å². The van der Waals surface area contributed by atoms with Gasteiger partial charge in [-0.15, -0.1) is 0 Å². The van der Waals surface area contributed by atoms with E-state index >= 15 is 0 Å². The van der Waals surface area contributed by atoms with Gasteiger partial charge in [-0.25, -0.2) is 4.98 Å². The second kappa shape index (κ2) is 5.77. The fourth-order valence-electron chi connectivity index (χ4n) is 1.67.